The van der Waals surface area contributed by atoms with Gasteiger partial charge in [-0.1, -0.05) is 6.82 Å². The topological polar surface area (TPSA) is 43.4 Å². The highest BCUT2D eigenvalue weighted by Crippen LogP contribution is 2.30. The summed E-state index contributed by atoms with van der Waals surface area (Å²) < 4.78 is 4.96. The van der Waals surface area contributed by atoms with E-state index in [9.17, 15) is 9.59 Å². The average molecular weight is 196 g/mol. The molecule has 2 atom stereocenters. The first kappa shape index (κ1) is 11.3. The van der Waals surface area contributed by atoms with Crippen molar-refractivity contribution < 1.29 is 14.3 Å². The van der Waals surface area contributed by atoms with E-state index in [2.05, 4.69) is 0 Å². The number of esters is 1. The van der Waals surface area contributed by atoms with Crippen molar-refractivity contribution in [1.29, 1.82) is 0 Å². The van der Waals surface area contributed by atoms with Crippen molar-refractivity contribution in [3.8, 4) is 0 Å². The van der Waals surface area contributed by atoms with Crippen LogP contribution in [0, 0.1) is 5.92 Å². The predicted octanol–water partition coefficient (Wildman–Crippen LogP) is 1.19. The molecule has 0 heterocycles. The van der Waals surface area contributed by atoms with E-state index in [4.69, 9.17) is 4.74 Å². The monoisotopic (exact) mass is 196 g/mol. The Bertz CT molecular complexity index is 227. The lowest BCUT2D eigenvalue weighted by Crippen LogP contribution is -2.29. The van der Waals surface area contributed by atoms with Gasteiger partial charge in [-0.2, -0.15) is 0 Å². The SMILES string of the molecule is CBC1CC(C(=O)OCC)CCC1=O. The number of rotatable bonds is 3. The normalized spacial score (nSPS) is 27.1. The molecular weight excluding hydrogens is 179 g/mol. The number of ether oxygens (including phenoxy) is 1. The molecule has 2 unspecified atom stereocenters. The molecule has 1 rings (SSSR count). The van der Waals surface area contributed by atoms with Crippen LogP contribution in [0.4, 0.5) is 0 Å². The fourth-order valence-corrected chi connectivity index (χ4v) is 1.98. The molecule has 0 aromatic carbocycles. The van der Waals surface area contributed by atoms with Crippen LogP contribution in [0.3, 0.4) is 0 Å². The van der Waals surface area contributed by atoms with E-state index in [1.807, 2.05) is 13.7 Å². The minimum absolute atomic E-state index is 0.0439. The molecule has 0 bridgehead atoms. The highest BCUT2D eigenvalue weighted by molar-refractivity contribution is 6.42. The van der Waals surface area contributed by atoms with Crippen molar-refractivity contribution in [2.24, 2.45) is 5.92 Å². The van der Waals surface area contributed by atoms with Crippen LogP contribution in [0.25, 0.3) is 0 Å². The molecule has 3 nitrogen and oxygen atoms in total. The summed E-state index contributed by atoms with van der Waals surface area (Å²) in [5.74, 6) is 0.224. The van der Waals surface area contributed by atoms with E-state index in [1.165, 1.54) is 0 Å². The van der Waals surface area contributed by atoms with Crippen molar-refractivity contribution in [2.45, 2.75) is 38.8 Å². The first-order valence-electron chi connectivity index (χ1n) is 5.38. The number of carbonyl (C=O) groups excluding carboxylic acids is 2. The highest BCUT2D eigenvalue weighted by atomic mass is 16.5. The molecule has 0 radical (unpaired) electrons. The summed E-state index contributed by atoms with van der Waals surface area (Å²) >= 11 is 0. The lowest BCUT2D eigenvalue weighted by molar-refractivity contribution is -0.149. The van der Waals surface area contributed by atoms with Crippen molar-refractivity contribution in [3.05, 3.63) is 0 Å². The van der Waals surface area contributed by atoms with Gasteiger partial charge < -0.3 is 9.53 Å². The quantitative estimate of drug-likeness (QED) is 0.503. The summed E-state index contributed by atoms with van der Waals surface area (Å²) in [6.07, 6.45) is 1.91. The molecule has 4 heteroatoms. The zero-order valence-electron chi connectivity index (χ0n) is 8.91. The standard InChI is InChI=1S/C10H17BO3/c1-3-14-10(13)7-4-5-9(12)8(6-7)11-2/h7-8,11H,3-6H2,1-2H3. The number of hydrogen-bond donors (Lipinski definition) is 0. The van der Waals surface area contributed by atoms with Gasteiger partial charge in [0.15, 0.2) is 0 Å². The summed E-state index contributed by atoms with van der Waals surface area (Å²) in [6.45, 7) is 4.24. The van der Waals surface area contributed by atoms with E-state index < -0.39 is 0 Å². The summed E-state index contributed by atoms with van der Waals surface area (Å²) in [7, 11) is 0.842. The van der Waals surface area contributed by atoms with E-state index in [-0.39, 0.29) is 17.7 Å². The fourth-order valence-electron chi connectivity index (χ4n) is 1.98. The zero-order chi connectivity index (χ0) is 10.6. The van der Waals surface area contributed by atoms with Crippen molar-refractivity contribution in [1.82, 2.24) is 0 Å². The molecule has 1 aliphatic rings. The largest absolute Gasteiger partial charge is 0.466 e. The molecule has 14 heavy (non-hydrogen) atoms. The third-order valence-electron chi connectivity index (χ3n) is 2.88. The van der Waals surface area contributed by atoms with Gasteiger partial charge in [-0.3, -0.25) is 4.79 Å². The van der Waals surface area contributed by atoms with Crippen LogP contribution in [0.1, 0.15) is 26.2 Å². The lowest BCUT2D eigenvalue weighted by atomic mass is 9.58. The Morgan fingerprint density at radius 3 is 2.93 bits per heavy atom. The Morgan fingerprint density at radius 2 is 2.36 bits per heavy atom. The van der Waals surface area contributed by atoms with Gasteiger partial charge in [0.25, 0.3) is 0 Å². The Kier molecular flexibility index (Phi) is 4.17. The van der Waals surface area contributed by atoms with Crippen LogP contribution in [-0.4, -0.2) is 25.6 Å². The minimum atomic E-state index is -0.126. The molecule has 0 aromatic heterocycles. The second kappa shape index (κ2) is 5.18. The number of carbonyl (C=O) groups is 2. The molecule has 0 N–H and O–H groups in total. The molecule has 0 aromatic rings. The average Bonchev–Trinajstić information content (AvgIpc) is 2.19. The molecule has 1 aliphatic carbocycles. The van der Waals surface area contributed by atoms with Gasteiger partial charge in [-0.05, 0) is 25.6 Å². The third-order valence-corrected chi connectivity index (χ3v) is 2.88. The Labute approximate surface area is 85.4 Å². The molecule has 1 saturated carbocycles. The van der Waals surface area contributed by atoms with Crippen LogP contribution in [0.2, 0.25) is 12.6 Å². The zero-order valence-corrected chi connectivity index (χ0v) is 8.91. The van der Waals surface area contributed by atoms with Crippen LogP contribution >= 0.6 is 0 Å². The van der Waals surface area contributed by atoms with Gasteiger partial charge in [0, 0.05) is 6.42 Å². The maximum absolute atomic E-state index is 11.4. The fraction of sp³-hybridized carbons (Fsp3) is 0.800. The number of ketones is 1. The maximum atomic E-state index is 11.4. The first-order valence-corrected chi connectivity index (χ1v) is 5.38. The summed E-state index contributed by atoms with van der Waals surface area (Å²) in [6, 6.07) is 0. The molecule has 0 spiro atoms. The second-order valence-corrected chi connectivity index (χ2v) is 3.79. The molecule has 0 saturated heterocycles. The second-order valence-electron chi connectivity index (χ2n) is 3.79. The Morgan fingerprint density at radius 1 is 1.64 bits per heavy atom. The number of Topliss-reactive ketones (excluding diaryl/α,β-unsaturated/α-hetero) is 1. The van der Waals surface area contributed by atoms with Gasteiger partial charge in [0.1, 0.15) is 13.1 Å². The smallest absolute Gasteiger partial charge is 0.308 e. The predicted molar refractivity (Wildman–Crippen MR) is 55.7 cm³/mol. The molecule has 0 amide bonds. The molecular formula is C10H17BO3. The van der Waals surface area contributed by atoms with Gasteiger partial charge in [-0.15, -0.1) is 0 Å². The van der Waals surface area contributed by atoms with Gasteiger partial charge >= 0.3 is 5.97 Å². The van der Waals surface area contributed by atoms with Crippen molar-refractivity contribution >= 4 is 19.0 Å². The highest BCUT2D eigenvalue weighted by Gasteiger charge is 2.32. The van der Waals surface area contributed by atoms with Gasteiger partial charge in [0.05, 0.1) is 12.5 Å². The Hall–Kier alpha value is -0.795. The van der Waals surface area contributed by atoms with E-state index in [1.54, 1.807) is 0 Å². The van der Waals surface area contributed by atoms with Crippen LogP contribution in [0.15, 0.2) is 0 Å². The van der Waals surface area contributed by atoms with Crippen LogP contribution < -0.4 is 0 Å². The minimum Gasteiger partial charge on any atom is -0.466 e. The van der Waals surface area contributed by atoms with Crippen LogP contribution in [-0.2, 0) is 14.3 Å². The van der Waals surface area contributed by atoms with Crippen molar-refractivity contribution in [3.63, 3.8) is 0 Å². The summed E-state index contributed by atoms with van der Waals surface area (Å²) in [5.41, 5.74) is 0. The third kappa shape index (κ3) is 2.60. The lowest BCUT2D eigenvalue weighted by Gasteiger charge is -2.25. The van der Waals surface area contributed by atoms with Gasteiger partial charge in [-0.25, -0.2) is 0 Å². The molecule has 1 fully saturated rings. The molecule has 78 valence electrons. The maximum Gasteiger partial charge on any atom is 0.308 e. The summed E-state index contributed by atoms with van der Waals surface area (Å²) in [5, 5.41) is 0. The first-order chi connectivity index (χ1) is 6.69. The van der Waals surface area contributed by atoms with Crippen molar-refractivity contribution in [2.75, 3.05) is 6.61 Å². The van der Waals surface area contributed by atoms with E-state index in [0.29, 0.717) is 31.7 Å². The Balaban J connectivity index is 2.49. The van der Waals surface area contributed by atoms with Crippen LogP contribution in [0.5, 0.6) is 0 Å². The molecule has 0 aliphatic heterocycles. The van der Waals surface area contributed by atoms with E-state index >= 15 is 0 Å². The van der Waals surface area contributed by atoms with Gasteiger partial charge in [0.2, 0.25) is 0 Å². The van der Waals surface area contributed by atoms with E-state index in [0.717, 1.165) is 7.28 Å². The summed E-state index contributed by atoms with van der Waals surface area (Å²) in [4.78, 5) is 22.8. The number of hydrogen-bond acceptors (Lipinski definition) is 3.